The summed E-state index contributed by atoms with van der Waals surface area (Å²) in [5.41, 5.74) is 5.97. The van der Waals surface area contributed by atoms with Gasteiger partial charge in [0.2, 0.25) is 0 Å². The zero-order valence-electron chi connectivity index (χ0n) is 13.0. The first-order valence-corrected chi connectivity index (χ1v) is 7.27. The molecule has 1 N–H and O–H groups in total. The molecule has 0 fully saturated rings. The molecule has 4 heteroatoms. The van der Waals surface area contributed by atoms with Gasteiger partial charge in [0.1, 0.15) is 5.75 Å². The van der Waals surface area contributed by atoms with Gasteiger partial charge < -0.3 is 9.57 Å². The molecule has 3 rings (SSSR count). The minimum absolute atomic E-state index is 0.267. The monoisotopic (exact) mass is 307 g/mol. The fourth-order valence-corrected chi connectivity index (χ4v) is 2.24. The van der Waals surface area contributed by atoms with E-state index in [1.54, 1.807) is 13.2 Å². The fraction of sp³-hybridized carbons (Fsp3) is 0.105. The van der Waals surface area contributed by atoms with E-state index >= 15 is 0 Å². The number of aryl methyl sites for hydroxylation is 1. The molecule has 2 aromatic carbocycles. The Morgan fingerprint density at radius 3 is 2.39 bits per heavy atom. The van der Waals surface area contributed by atoms with Crippen molar-refractivity contribution < 1.29 is 14.4 Å². The molecule has 0 bridgehead atoms. The average Bonchev–Trinajstić information content (AvgIpc) is 2.58. The second kappa shape index (κ2) is 6.40. The van der Waals surface area contributed by atoms with E-state index in [1.807, 2.05) is 61.5 Å². The molecule has 0 atom stereocenters. The molecular formula is C19H17NO3. The molecule has 0 saturated carbocycles. The summed E-state index contributed by atoms with van der Waals surface area (Å²) in [5.74, 6) is 1.13. The molecule has 0 radical (unpaired) electrons. The van der Waals surface area contributed by atoms with E-state index in [0.717, 1.165) is 16.9 Å². The lowest BCUT2D eigenvalue weighted by Crippen LogP contribution is -2.28. The van der Waals surface area contributed by atoms with Gasteiger partial charge in [0.15, 0.2) is 5.76 Å². The number of methoxy groups -OCH3 is 1. The molecule has 2 aromatic rings. The Labute approximate surface area is 135 Å². The van der Waals surface area contributed by atoms with Crippen LogP contribution in [0.1, 0.15) is 16.7 Å². The van der Waals surface area contributed by atoms with Crippen molar-refractivity contribution in [3.63, 3.8) is 0 Å². The number of nitrogens with one attached hydrogen (secondary N) is 1. The molecule has 4 nitrogen and oxygen atoms in total. The average molecular weight is 307 g/mol. The van der Waals surface area contributed by atoms with Crippen molar-refractivity contribution in [1.82, 2.24) is 5.48 Å². The maximum atomic E-state index is 12.0. The SMILES string of the molecule is COc1ccc(C=C2C=C(c3ccc(C)cc3)ONC2=O)cc1. The molecule has 1 aliphatic heterocycles. The lowest BCUT2D eigenvalue weighted by atomic mass is 10.1. The van der Waals surface area contributed by atoms with E-state index in [-0.39, 0.29) is 5.91 Å². The maximum Gasteiger partial charge on any atom is 0.284 e. The lowest BCUT2D eigenvalue weighted by Gasteiger charge is -2.17. The van der Waals surface area contributed by atoms with Crippen LogP contribution in [0, 0.1) is 6.92 Å². The Morgan fingerprint density at radius 2 is 1.74 bits per heavy atom. The Balaban J connectivity index is 1.92. The van der Waals surface area contributed by atoms with E-state index in [2.05, 4.69) is 5.48 Å². The number of ether oxygens (including phenoxy) is 1. The summed E-state index contributed by atoms with van der Waals surface area (Å²) in [6.07, 6.45) is 3.55. The molecule has 0 spiro atoms. The normalized spacial score (nSPS) is 15.7. The van der Waals surface area contributed by atoms with Crippen molar-refractivity contribution in [2.75, 3.05) is 7.11 Å². The van der Waals surface area contributed by atoms with Gasteiger partial charge in [-0.25, -0.2) is 0 Å². The number of rotatable bonds is 3. The highest BCUT2D eigenvalue weighted by atomic mass is 16.7. The highest BCUT2D eigenvalue weighted by Crippen LogP contribution is 2.23. The third-order valence-electron chi connectivity index (χ3n) is 3.58. The molecule has 0 unspecified atom stereocenters. The van der Waals surface area contributed by atoms with Gasteiger partial charge in [-0.2, -0.15) is 5.48 Å². The molecule has 1 heterocycles. The van der Waals surface area contributed by atoms with E-state index in [9.17, 15) is 4.79 Å². The molecule has 116 valence electrons. The minimum Gasteiger partial charge on any atom is -0.497 e. The number of amides is 1. The van der Waals surface area contributed by atoms with E-state index < -0.39 is 0 Å². The zero-order chi connectivity index (χ0) is 16.2. The van der Waals surface area contributed by atoms with Crippen LogP contribution in [0.2, 0.25) is 0 Å². The van der Waals surface area contributed by atoms with Crippen LogP contribution in [0.25, 0.3) is 11.8 Å². The van der Waals surface area contributed by atoms with Crippen molar-refractivity contribution in [2.24, 2.45) is 0 Å². The molecule has 1 amide bonds. The smallest absolute Gasteiger partial charge is 0.284 e. The van der Waals surface area contributed by atoms with Crippen LogP contribution in [0.5, 0.6) is 5.75 Å². The Morgan fingerprint density at radius 1 is 1.04 bits per heavy atom. The first-order valence-electron chi connectivity index (χ1n) is 7.27. The van der Waals surface area contributed by atoms with Crippen LogP contribution in [0.3, 0.4) is 0 Å². The zero-order valence-corrected chi connectivity index (χ0v) is 13.0. The van der Waals surface area contributed by atoms with Crippen molar-refractivity contribution in [1.29, 1.82) is 0 Å². The number of hydroxylamine groups is 1. The molecule has 0 aliphatic carbocycles. The van der Waals surface area contributed by atoms with Crippen LogP contribution in [0.15, 0.2) is 60.2 Å². The molecule has 0 saturated heterocycles. The number of carbonyl (C=O) groups is 1. The quantitative estimate of drug-likeness (QED) is 0.883. The van der Waals surface area contributed by atoms with Gasteiger partial charge >= 0.3 is 0 Å². The highest BCUT2D eigenvalue weighted by Gasteiger charge is 2.17. The molecule has 1 aliphatic rings. The Bertz CT molecular complexity index is 771. The predicted octanol–water partition coefficient (Wildman–Crippen LogP) is 3.49. The Hall–Kier alpha value is -3.01. The summed E-state index contributed by atoms with van der Waals surface area (Å²) in [6, 6.07) is 15.4. The van der Waals surface area contributed by atoms with Crippen molar-refractivity contribution in [3.8, 4) is 5.75 Å². The van der Waals surface area contributed by atoms with Crippen molar-refractivity contribution in [3.05, 3.63) is 76.9 Å². The summed E-state index contributed by atoms with van der Waals surface area (Å²) in [4.78, 5) is 17.3. The molecular weight excluding hydrogens is 290 g/mol. The minimum atomic E-state index is -0.267. The van der Waals surface area contributed by atoms with Crippen molar-refractivity contribution >= 4 is 17.7 Å². The Kier molecular flexibility index (Phi) is 4.15. The van der Waals surface area contributed by atoms with E-state index in [4.69, 9.17) is 9.57 Å². The van der Waals surface area contributed by atoms with E-state index in [0.29, 0.717) is 11.3 Å². The van der Waals surface area contributed by atoms with Gasteiger partial charge in [-0.05, 0) is 36.8 Å². The van der Waals surface area contributed by atoms with Crippen molar-refractivity contribution in [2.45, 2.75) is 6.92 Å². The fourth-order valence-electron chi connectivity index (χ4n) is 2.24. The lowest BCUT2D eigenvalue weighted by molar-refractivity contribution is -0.125. The molecule has 0 aromatic heterocycles. The topological polar surface area (TPSA) is 47.6 Å². The van der Waals surface area contributed by atoms with Gasteiger partial charge in [0, 0.05) is 11.1 Å². The number of hydrogen-bond acceptors (Lipinski definition) is 3. The number of carbonyl (C=O) groups excluding carboxylic acids is 1. The van der Waals surface area contributed by atoms with Gasteiger partial charge in [0.25, 0.3) is 5.91 Å². The maximum absolute atomic E-state index is 12.0. The van der Waals surface area contributed by atoms with Gasteiger partial charge in [0.05, 0.1) is 7.11 Å². The van der Waals surface area contributed by atoms with Gasteiger partial charge in [-0.1, -0.05) is 42.0 Å². The van der Waals surface area contributed by atoms with Crippen LogP contribution >= 0.6 is 0 Å². The van der Waals surface area contributed by atoms with E-state index in [1.165, 1.54) is 5.56 Å². The summed E-state index contributed by atoms with van der Waals surface area (Å²) >= 11 is 0. The summed E-state index contributed by atoms with van der Waals surface area (Å²) < 4.78 is 5.13. The van der Waals surface area contributed by atoms with Crippen LogP contribution < -0.4 is 10.2 Å². The number of hydrogen-bond donors (Lipinski definition) is 1. The van der Waals surface area contributed by atoms with Crippen LogP contribution in [-0.4, -0.2) is 13.0 Å². The second-order valence-corrected chi connectivity index (χ2v) is 5.28. The van der Waals surface area contributed by atoms with Crippen LogP contribution in [-0.2, 0) is 9.63 Å². The van der Waals surface area contributed by atoms with Gasteiger partial charge in [-0.15, -0.1) is 0 Å². The number of benzene rings is 2. The summed E-state index contributed by atoms with van der Waals surface area (Å²) in [6.45, 7) is 2.02. The summed E-state index contributed by atoms with van der Waals surface area (Å²) in [7, 11) is 1.62. The second-order valence-electron chi connectivity index (χ2n) is 5.28. The predicted molar refractivity (Wildman–Crippen MR) is 89.4 cm³/mol. The van der Waals surface area contributed by atoms with Gasteiger partial charge in [-0.3, -0.25) is 4.79 Å². The third kappa shape index (κ3) is 3.43. The largest absolute Gasteiger partial charge is 0.497 e. The highest BCUT2D eigenvalue weighted by molar-refractivity contribution is 6.03. The standard InChI is InChI=1S/C19H17NO3/c1-13-3-7-15(8-4-13)18-12-16(19(21)20-23-18)11-14-5-9-17(22-2)10-6-14/h3-12H,1-2H3,(H,20,21). The first-order chi connectivity index (χ1) is 11.2. The third-order valence-corrected chi connectivity index (χ3v) is 3.58. The molecule has 23 heavy (non-hydrogen) atoms. The summed E-state index contributed by atoms with van der Waals surface area (Å²) in [5, 5.41) is 0. The van der Waals surface area contributed by atoms with Crippen LogP contribution in [0.4, 0.5) is 0 Å². The first kappa shape index (κ1) is 14.9.